The molecule has 1 atom stereocenters. The number of phosphoric acid groups is 1. The summed E-state index contributed by atoms with van der Waals surface area (Å²) in [6.45, 7) is 2.70. The minimum atomic E-state index is -4.31. The zero-order valence-corrected chi connectivity index (χ0v) is 22.1. The average molecular weight is 558 g/mol. The highest BCUT2D eigenvalue weighted by molar-refractivity contribution is 7.47. The maximum atomic E-state index is 13.1. The smallest absolute Gasteiger partial charge is 0.444 e. The largest absolute Gasteiger partial charge is 0.547 e. The standard InChI is InChI=1S/C23H27N8O7P/c1-3-36-17-6-4-16(5-7-17)30-13-19(21(29-30)18-11-24-8-9-25-18)27-22(32)20-14-37-23(28-20)15-10-26-31(12-15)38-39(33,34)35-2/h8-14,16-17H,3-7H2,1-2H3,(H,27,32)(H,33,34). The molecule has 39 heavy (non-hydrogen) atoms. The van der Waals surface area contributed by atoms with Gasteiger partial charge in [0.2, 0.25) is 5.89 Å². The molecule has 1 aliphatic carbocycles. The SMILES string of the molecule is CCOC1CCC(n2cc(NC(=O)c3coc(-c4cnn(OP(=O)(O)OC)c4)n3)c(-c3cnccn3)n2)CC1. The summed E-state index contributed by atoms with van der Waals surface area (Å²) in [6.07, 6.45) is 14.2. The van der Waals surface area contributed by atoms with E-state index in [2.05, 4.69) is 29.9 Å². The molecular formula is C23H27N8O7P. The number of nitrogens with one attached hydrogen (secondary N) is 1. The van der Waals surface area contributed by atoms with E-state index in [1.54, 1.807) is 24.8 Å². The molecule has 0 radical (unpaired) electrons. The molecule has 4 aromatic heterocycles. The summed E-state index contributed by atoms with van der Waals surface area (Å²) >= 11 is 0. The monoisotopic (exact) mass is 558 g/mol. The molecule has 0 spiro atoms. The number of oxazole rings is 1. The zero-order chi connectivity index (χ0) is 27.4. The van der Waals surface area contributed by atoms with Gasteiger partial charge in [0.25, 0.3) is 5.91 Å². The Kier molecular flexibility index (Phi) is 7.84. The lowest BCUT2D eigenvalue weighted by molar-refractivity contribution is 0.0260. The predicted molar refractivity (Wildman–Crippen MR) is 135 cm³/mol. The molecular weight excluding hydrogens is 531 g/mol. The van der Waals surface area contributed by atoms with E-state index in [9.17, 15) is 14.3 Å². The molecule has 1 amide bonds. The van der Waals surface area contributed by atoms with Gasteiger partial charge >= 0.3 is 7.82 Å². The first-order chi connectivity index (χ1) is 18.8. The second-order valence-electron chi connectivity index (χ2n) is 8.70. The summed E-state index contributed by atoms with van der Waals surface area (Å²) in [5.74, 6) is -0.478. The van der Waals surface area contributed by atoms with Gasteiger partial charge in [-0.15, -0.1) is 5.10 Å². The van der Waals surface area contributed by atoms with Crippen LogP contribution in [0.2, 0.25) is 0 Å². The van der Waals surface area contributed by atoms with Gasteiger partial charge in [-0.2, -0.15) is 5.10 Å². The molecule has 0 aromatic carbocycles. The zero-order valence-electron chi connectivity index (χ0n) is 21.2. The first-order valence-corrected chi connectivity index (χ1v) is 13.7. The Balaban J connectivity index is 1.34. The lowest BCUT2D eigenvalue weighted by Crippen LogP contribution is -2.24. The molecule has 5 rings (SSSR count). The van der Waals surface area contributed by atoms with Crippen LogP contribution in [-0.2, 0) is 13.8 Å². The van der Waals surface area contributed by atoms with Gasteiger partial charge in [-0.05, 0) is 32.6 Å². The highest BCUT2D eigenvalue weighted by atomic mass is 31.2. The van der Waals surface area contributed by atoms with Crippen molar-refractivity contribution in [2.24, 2.45) is 0 Å². The molecule has 0 bridgehead atoms. The second kappa shape index (κ2) is 11.5. The summed E-state index contributed by atoms with van der Waals surface area (Å²) in [7, 11) is -3.28. The quantitative estimate of drug-likeness (QED) is 0.272. The molecule has 1 fully saturated rings. The first kappa shape index (κ1) is 26.7. The maximum absolute atomic E-state index is 13.1. The number of aromatic nitrogens is 7. The molecule has 4 heterocycles. The number of rotatable bonds is 10. The van der Waals surface area contributed by atoms with E-state index in [4.69, 9.17) is 18.9 Å². The van der Waals surface area contributed by atoms with E-state index in [1.807, 2.05) is 11.6 Å². The highest BCUT2D eigenvalue weighted by Crippen LogP contribution is 2.38. The highest BCUT2D eigenvalue weighted by Gasteiger charge is 2.26. The van der Waals surface area contributed by atoms with Gasteiger partial charge in [0, 0.05) is 32.3 Å². The summed E-state index contributed by atoms with van der Waals surface area (Å²) in [6, 6.07) is 0.160. The Bertz CT molecular complexity index is 1460. The molecule has 1 saturated carbocycles. The van der Waals surface area contributed by atoms with Crippen molar-refractivity contribution in [1.82, 2.24) is 34.7 Å². The number of phosphoric ester groups is 1. The van der Waals surface area contributed by atoms with Crippen LogP contribution in [0.25, 0.3) is 22.8 Å². The van der Waals surface area contributed by atoms with Crippen molar-refractivity contribution in [3.63, 3.8) is 0 Å². The van der Waals surface area contributed by atoms with Gasteiger partial charge in [0.05, 0.1) is 42.0 Å². The van der Waals surface area contributed by atoms with Crippen LogP contribution in [0.4, 0.5) is 5.69 Å². The molecule has 2 N–H and O–H groups in total. The van der Waals surface area contributed by atoms with Crippen molar-refractivity contribution in [2.75, 3.05) is 19.0 Å². The van der Waals surface area contributed by atoms with E-state index in [0.29, 0.717) is 29.2 Å². The molecule has 0 aliphatic heterocycles. The predicted octanol–water partition coefficient (Wildman–Crippen LogP) is 3.14. The van der Waals surface area contributed by atoms with Crippen LogP contribution in [0.3, 0.4) is 0 Å². The van der Waals surface area contributed by atoms with Crippen molar-refractivity contribution < 1.29 is 32.6 Å². The molecule has 1 unspecified atom stereocenters. The fourth-order valence-electron chi connectivity index (χ4n) is 4.29. The average Bonchev–Trinajstić information content (AvgIpc) is 3.70. The minimum Gasteiger partial charge on any atom is -0.444 e. The second-order valence-corrected chi connectivity index (χ2v) is 10.2. The summed E-state index contributed by atoms with van der Waals surface area (Å²) < 4.78 is 33.7. The lowest BCUT2D eigenvalue weighted by Gasteiger charge is -2.28. The minimum absolute atomic E-state index is 0.00143. The van der Waals surface area contributed by atoms with Crippen LogP contribution in [0, 0.1) is 0 Å². The van der Waals surface area contributed by atoms with Gasteiger partial charge in [0.1, 0.15) is 17.7 Å². The van der Waals surface area contributed by atoms with Crippen molar-refractivity contribution in [3.05, 3.63) is 49.1 Å². The van der Waals surface area contributed by atoms with Gasteiger partial charge in [-0.25, -0.2) is 9.55 Å². The van der Waals surface area contributed by atoms with Crippen molar-refractivity contribution >= 4 is 19.4 Å². The Morgan fingerprint density at radius 2 is 2.05 bits per heavy atom. The van der Waals surface area contributed by atoms with Crippen LogP contribution < -0.4 is 9.94 Å². The molecule has 0 saturated heterocycles. The number of ether oxygens (including phenoxy) is 1. The normalized spacial score (nSPS) is 18.9. The third kappa shape index (κ3) is 6.23. The number of carbonyl (C=O) groups excluding carboxylic acids is 1. The molecule has 206 valence electrons. The van der Waals surface area contributed by atoms with Crippen molar-refractivity contribution in [2.45, 2.75) is 44.8 Å². The fourth-order valence-corrected chi connectivity index (χ4v) is 4.66. The number of nitrogens with zero attached hydrogens (tertiary/aromatic N) is 7. The van der Waals surface area contributed by atoms with E-state index >= 15 is 0 Å². The number of hydrogen-bond donors (Lipinski definition) is 2. The Morgan fingerprint density at radius 3 is 2.77 bits per heavy atom. The third-order valence-electron chi connectivity index (χ3n) is 6.17. The van der Waals surface area contributed by atoms with Crippen LogP contribution in [0.15, 0.2) is 47.9 Å². The molecule has 15 nitrogen and oxygen atoms in total. The van der Waals surface area contributed by atoms with Crippen LogP contribution in [0.5, 0.6) is 0 Å². The third-order valence-corrected chi connectivity index (χ3v) is 7.00. The van der Waals surface area contributed by atoms with Gasteiger partial charge in [-0.1, -0.05) is 4.85 Å². The fraction of sp³-hybridized carbons (Fsp3) is 0.391. The van der Waals surface area contributed by atoms with Gasteiger partial charge in [0.15, 0.2) is 5.69 Å². The molecule has 16 heteroatoms. The van der Waals surface area contributed by atoms with Crippen LogP contribution in [-0.4, -0.2) is 65.3 Å². The first-order valence-electron chi connectivity index (χ1n) is 12.2. The summed E-state index contributed by atoms with van der Waals surface area (Å²) in [4.78, 5) is 36.0. The van der Waals surface area contributed by atoms with Crippen molar-refractivity contribution in [1.29, 1.82) is 0 Å². The number of amides is 1. The van der Waals surface area contributed by atoms with E-state index in [-0.39, 0.29) is 23.7 Å². The van der Waals surface area contributed by atoms with E-state index < -0.39 is 13.7 Å². The van der Waals surface area contributed by atoms with Gasteiger partial charge in [-0.3, -0.25) is 33.5 Å². The molecule has 1 aliphatic rings. The lowest BCUT2D eigenvalue weighted by atomic mass is 9.93. The Morgan fingerprint density at radius 1 is 1.23 bits per heavy atom. The number of hydrogen-bond acceptors (Lipinski definition) is 11. The van der Waals surface area contributed by atoms with Crippen LogP contribution >= 0.6 is 7.82 Å². The number of carbonyl (C=O) groups is 1. The Labute approximate surface area is 222 Å². The summed E-state index contributed by atoms with van der Waals surface area (Å²) in [5, 5.41) is 11.4. The number of anilines is 1. The Hall–Kier alpha value is -3.91. The van der Waals surface area contributed by atoms with Crippen LogP contribution in [0.1, 0.15) is 49.1 Å². The van der Waals surface area contributed by atoms with E-state index in [0.717, 1.165) is 37.6 Å². The molecule has 4 aromatic rings. The van der Waals surface area contributed by atoms with Crippen molar-refractivity contribution in [3.8, 4) is 22.8 Å². The van der Waals surface area contributed by atoms with E-state index in [1.165, 1.54) is 18.7 Å². The topological polar surface area (TPSA) is 182 Å². The summed E-state index contributed by atoms with van der Waals surface area (Å²) in [5.41, 5.74) is 1.76. The maximum Gasteiger partial charge on any atom is 0.547 e. The van der Waals surface area contributed by atoms with Gasteiger partial charge < -0.3 is 14.5 Å².